The summed E-state index contributed by atoms with van der Waals surface area (Å²) in [6.07, 6.45) is 3.43. The van der Waals surface area contributed by atoms with Crippen molar-refractivity contribution in [1.29, 1.82) is 0 Å². The van der Waals surface area contributed by atoms with Gasteiger partial charge in [-0.3, -0.25) is 14.4 Å². The molecule has 0 fully saturated rings. The van der Waals surface area contributed by atoms with Crippen LogP contribution in [0.4, 0.5) is 10.2 Å². The molecule has 316 valence electrons. The SMILES string of the molecule is CC.CCCOCCOCCOCCOCCOc1ccc(-c2ccc(C(CC(=O)O)NC(=O)CNC(=O)CCCCNc3cc(F)ccn3)cc2)c2ccccc12. The van der Waals surface area contributed by atoms with Gasteiger partial charge >= 0.3 is 5.97 Å². The Bertz CT molecular complexity index is 1790. The van der Waals surface area contributed by atoms with Crippen LogP contribution in [0.2, 0.25) is 0 Å². The maximum atomic E-state index is 13.3. The largest absolute Gasteiger partial charge is 0.491 e. The minimum atomic E-state index is -1.07. The van der Waals surface area contributed by atoms with Crippen molar-refractivity contribution in [2.45, 2.75) is 58.9 Å². The molecule has 4 rings (SSSR count). The van der Waals surface area contributed by atoms with E-state index in [2.05, 4.69) is 27.9 Å². The van der Waals surface area contributed by atoms with Crippen molar-refractivity contribution in [1.82, 2.24) is 15.6 Å². The van der Waals surface area contributed by atoms with E-state index in [4.69, 9.17) is 23.7 Å². The van der Waals surface area contributed by atoms with E-state index >= 15 is 0 Å². The van der Waals surface area contributed by atoms with E-state index in [1.54, 1.807) is 12.1 Å². The van der Waals surface area contributed by atoms with Crippen LogP contribution >= 0.6 is 0 Å². The number of carbonyl (C=O) groups excluding carboxylic acids is 2. The average Bonchev–Trinajstić information content (AvgIpc) is 3.23. The van der Waals surface area contributed by atoms with Gasteiger partial charge in [0.1, 0.15) is 24.0 Å². The Hall–Kier alpha value is -5.15. The molecule has 0 saturated carbocycles. The third-order valence-electron chi connectivity index (χ3n) is 8.48. The summed E-state index contributed by atoms with van der Waals surface area (Å²) in [4.78, 5) is 40.8. The maximum Gasteiger partial charge on any atom is 0.305 e. The molecular weight excluding hydrogens is 748 g/mol. The van der Waals surface area contributed by atoms with E-state index in [-0.39, 0.29) is 31.1 Å². The van der Waals surface area contributed by atoms with Gasteiger partial charge in [-0.25, -0.2) is 9.37 Å². The minimum absolute atomic E-state index is 0.200. The van der Waals surface area contributed by atoms with Crippen molar-refractivity contribution in [2.24, 2.45) is 0 Å². The number of benzene rings is 3. The number of hydrogen-bond donors (Lipinski definition) is 4. The lowest BCUT2D eigenvalue weighted by molar-refractivity contribution is -0.138. The van der Waals surface area contributed by atoms with Crippen LogP contribution in [-0.4, -0.2) is 100 Å². The molecule has 58 heavy (non-hydrogen) atoms. The molecule has 0 radical (unpaired) electrons. The number of aromatic nitrogens is 1. The number of nitrogens with zero attached hydrogens (tertiary/aromatic N) is 1. The second-order valence-electron chi connectivity index (χ2n) is 12.8. The fourth-order valence-electron chi connectivity index (χ4n) is 5.73. The molecule has 0 bridgehead atoms. The Morgan fingerprint density at radius 1 is 0.759 bits per heavy atom. The zero-order valence-electron chi connectivity index (χ0n) is 33.9. The van der Waals surface area contributed by atoms with Crippen molar-refractivity contribution in [3.63, 3.8) is 0 Å². The Labute approximate surface area is 341 Å². The molecule has 0 saturated heterocycles. The number of aliphatic carboxylic acids is 1. The predicted octanol–water partition coefficient (Wildman–Crippen LogP) is 6.95. The maximum absolute atomic E-state index is 13.3. The summed E-state index contributed by atoms with van der Waals surface area (Å²) in [7, 11) is 0. The van der Waals surface area contributed by atoms with Crippen LogP contribution in [0.5, 0.6) is 5.75 Å². The number of hydrogen-bond acceptors (Lipinski definition) is 10. The van der Waals surface area contributed by atoms with E-state index in [0.717, 1.165) is 40.7 Å². The Morgan fingerprint density at radius 3 is 2.03 bits per heavy atom. The van der Waals surface area contributed by atoms with Gasteiger partial charge in [-0.2, -0.15) is 0 Å². The topological polar surface area (TPSA) is 167 Å². The molecule has 13 nitrogen and oxygen atoms in total. The van der Waals surface area contributed by atoms with Gasteiger partial charge in [0.25, 0.3) is 0 Å². The zero-order chi connectivity index (χ0) is 41.8. The molecule has 1 unspecified atom stereocenters. The van der Waals surface area contributed by atoms with Gasteiger partial charge in [-0.15, -0.1) is 0 Å². The van der Waals surface area contributed by atoms with E-state index in [9.17, 15) is 23.9 Å². The van der Waals surface area contributed by atoms with Crippen molar-refractivity contribution in [3.8, 4) is 16.9 Å². The van der Waals surface area contributed by atoms with Gasteiger partial charge in [-0.05, 0) is 53.5 Å². The normalized spacial score (nSPS) is 11.3. The minimum Gasteiger partial charge on any atom is -0.491 e. The summed E-state index contributed by atoms with van der Waals surface area (Å²) >= 11 is 0. The molecule has 14 heteroatoms. The standard InChI is InChI=1S/C42H53FN4O9.C2H6/c1-2-19-52-20-21-53-22-23-54-24-25-55-26-27-56-38-15-14-34(35-7-3-4-8-36(35)38)31-10-12-32(13-11-31)37(29-42(50)51)47-41(49)30-46-40(48)9-5-6-17-44-39-28-33(43)16-18-45-39;1-2/h3-4,7-8,10-16,18,28,37H,2,5-6,9,17,19-27,29-30H2,1H3,(H,44,45)(H,46,48)(H,47,49)(H,50,51);1-2H3. The monoisotopic (exact) mass is 806 g/mol. The first kappa shape index (κ1) is 47.2. The van der Waals surface area contributed by atoms with E-state index in [0.29, 0.717) is 83.6 Å². The van der Waals surface area contributed by atoms with Gasteiger partial charge < -0.3 is 44.7 Å². The van der Waals surface area contributed by atoms with E-state index in [1.165, 1.54) is 18.3 Å². The van der Waals surface area contributed by atoms with Crippen LogP contribution in [0.25, 0.3) is 21.9 Å². The average molecular weight is 807 g/mol. The van der Waals surface area contributed by atoms with Crippen LogP contribution in [0.3, 0.4) is 0 Å². The van der Waals surface area contributed by atoms with Crippen molar-refractivity contribution >= 4 is 34.4 Å². The number of ether oxygens (including phenoxy) is 5. The number of fused-ring (bicyclic) bond motifs is 1. The van der Waals surface area contributed by atoms with Crippen LogP contribution in [0.15, 0.2) is 79.0 Å². The smallest absolute Gasteiger partial charge is 0.305 e. The van der Waals surface area contributed by atoms with Gasteiger partial charge in [0, 0.05) is 37.2 Å². The Morgan fingerprint density at radius 2 is 1.40 bits per heavy atom. The van der Waals surface area contributed by atoms with Crippen molar-refractivity contribution in [3.05, 3.63) is 90.4 Å². The van der Waals surface area contributed by atoms with Crippen LogP contribution in [-0.2, 0) is 33.3 Å². The first-order chi connectivity index (χ1) is 28.3. The molecule has 1 heterocycles. The number of pyridine rings is 1. The molecule has 3 aromatic carbocycles. The number of unbranched alkanes of at least 4 members (excludes halogenated alkanes) is 1. The summed E-state index contributed by atoms with van der Waals surface area (Å²) in [5.41, 5.74) is 2.49. The predicted molar refractivity (Wildman–Crippen MR) is 222 cm³/mol. The number of nitrogens with one attached hydrogen (secondary N) is 3. The van der Waals surface area contributed by atoms with Crippen LogP contribution in [0.1, 0.15) is 64.5 Å². The second kappa shape index (κ2) is 28.3. The first-order valence-electron chi connectivity index (χ1n) is 20.0. The highest BCUT2D eigenvalue weighted by Crippen LogP contribution is 2.35. The second-order valence-corrected chi connectivity index (χ2v) is 12.8. The number of carboxylic acid groups (broad SMARTS) is 1. The lowest BCUT2D eigenvalue weighted by Gasteiger charge is -2.19. The third-order valence-corrected chi connectivity index (χ3v) is 8.48. The fourth-order valence-corrected chi connectivity index (χ4v) is 5.73. The molecule has 4 aromatic rings. The highest BCUT2D eigenvalue weighted by atomic mass is 19.1. The van der Waals surface area contributed by atoms with Gasteiger partial charge in [0.15, 0.2) is 0 Å². The zero-order valence-corrected chi connectivity index (χ0v) is 33.9. The van der Waals surface area contributed by atoms with Crippen molar-refractivity contribution in [2.75, 3.05) is 77.9 Å². The molecule has 1 aromatic heterocycles. The number of carboxylic acids is 1. The summed E-state index contributed by atoms with van der Waals surface area (Å²) < 4.78 is 41.4. The highest BCUT2D eigenvalue weighted by Gasteiger charge is 2.19. The summed E-state index contributed by atoms with van der Waals surface area (Å²) in [5.74, 6) is -1.11. The highest BCUT2D eigenvalue weighted by molar-refractivity contribution is 6.00. The molecule has 0 aliphatic heterocycles. The molecule has 2 amide bonds. The van der Waals surface area contributed by atoms with Crippen LogP contribution in [0, 0.1) is 5.82 Å². The van der Waals surface area contributed by atoms with Gasteiger partial charge in [0.2, 0.25) is 11.8 Å². The summed E-state index contributed by atoms with van der Waals surface area (Å²) in [5, 5.41) is 19.8. The summed E-state index contributed by atoms with van der Waals surface area (Å²) in [6, 6.07) is 21.0. The first-order valence-corrected chi connectivity index (χ1v) is 20.0. The Kier molecular flexibility index (Phi) is 23.0. The molecular formula is C44H59FN4O9. The lowest BCUT2D eigenvalue weighted by Crippen LogP contribution is -2.39. The number of amides is 2. The molecule has 4 N–H and O–H groups in total. The number of halogens is 1. The molecule has 0 aliphatic rings. The molecule has 0 aliphatic carbocycles. The van der Waals surface area contributed by atoms with Crippen LogP contribution < -0.4 is 20.7 Å². The lowest BCUT2D eigenvalue weighted by atomic mass is 9.95. The summed E-state index contributed by atoms with van der Waals surface area (Å²) in [6.45, 7) is 10.9. The third kappa shape index (κ3) is 18.0. The Balaban J connectivity index is 0.00000443. The van der Waals surface area contributed by atoms with E-state index < -0.39 is 17.9 Å². The quantitative estimate of drug-likeness (QED) is 0.0439. The molecule has 1 atom stereocenters. The van der Waals surface area contributed by atoms with Gasteiger partial charge in [-0.1, -0.05) is 75.4 Å². The number of carbonyl (C=O) groups is 3. The molecule has 0 spiro atoms. The van der Waals surface area contributed by atoms with Gasteiger partial charge in [0.05, 0.1) is 65.3 Å². The van der Waals surface area contributed by atoms with Crippen molar-refractivity contribution < 1.29 is 47.6 Å². The van der Waals surface area contributed by atoms with E-state index in [1.807, 2.05) is 62.4 Å². The number of anilines is 1. The fraction of sp³-hybridized carbons (Fsp3) is 0.455. The number of rotatable bonds is 28.